The molecule has 19 heavy (non-hydrogen) atoms. The van der Waals surface area contributed by atoms with Crippen LogP contribution in [0.1, 0.15) is 38.3 Å². The smallest absolute Gasteiger partial charge is 0.305 e. The van der Waals surface area contributed by atoms with E-state index in [1.807, 2.05) is 31.2 Å². The van der Waals surface area contributed by atoms with E-state index in [-0.39, 0.29) is 12.0 Å². The Morgan fingerprint density at radius 3 is 2.79 bits per heavy atom. The first kappa shape index (κ1) is 15.5. The molecule has 0 radical (unpaired) electrons. The molecule has 1 rings (SSSR count). The molecule has 0 saturated carbocycles. The van der Waals surface area contributed by atoms with E-state index < -0.39 is 0 Å². The summed E-state index contributed by atoms with van der Waals surface area (Å²) in [5, 5.41) is 3.38. The molecule has 4 heteroatoms. The highest BCUT2D eigenvalue weighted by atomic mass is 16.5. The second-order valence-electron chi connectivity index (χ2n) is 4.33. The summed E-state index contributed by atoms with van der Waals surface area (Å²) in [6.07, 6.45) is 1.23. The van der Waals surface area contributed by atoms with Gasteiger partial charge in [-0.15, -0.1) is 0 Å². The first-order valence-corrected chi connectivity index (χ1v) is 6.71. The van der Waals surface area contributed by atoms with Crippen LogP contribution in [0.2, 0.25) is 0 Å². The number of nitrogens with one attached hydrogen (secondary N) is 1. The summed E-state index contributed by atoms with van der Waals surface area (Å²) in [6.45, 7) is 5.13. The lowest BCUT2D eigenvalue weighted by molar-refractivity contribution is -0.143. The number of methoxy groups -OCH3 is 1. The van der Waals surface area contributed by atoms with Gasteiger partial charge in [0.25, 0.3) is 0 Å². The van der Waals surface area contributed by atoms with Crippen molar-refractivity contribution in [3.05, 3.63) is 29.8 Å². The Bertz CT molecular complexity index is 393. The van der Waals surface area contributed by atoms with E-state index in [4.69, 9.17) is 9.47 Å². The maximum Gasteiger partial charge on any atom is 0.305 e. The molecule has 4 nitrogen and oxygen atoms in total. The van der Waals surface area contributed by atoms with Crippen molar-refractivity contribution >= 4 is 5.97 Å². The minimum absolute atomic E-state index is 0.130. The molecule has 1 aromatic rings. The minimum atomic E-state index is -0.130. The fourth-order valence-corrected chi connectivity index (χ4v) is 1.92. The summed E-state index contributed by atoms with van der Waals surface area (Å²) in [5.41, 5.74) is 1.13. The van der Waals surface area contributed by atoms with E-state index in [0.29, 0.717) is 13.0 Å². The number of carbonyl (C=O) groups is 1. The monoisotopic (exact) mass is 265 g/mol. The minimum Gasteiger partial charge on any atom is -0.496 e. The van der Waals surface area contributed by atoms with Gasteiger partial charge in [0.15, 0.2) is 0 Å². The molecule has 106 valence electrons. The molecule has 1 N–H and O–H groups in total. The van der Waals surface area contributed by atoms with Crippen LogP contribution in [0, 0.1) is 0 Å². The van der Waals surface area contributed by atoms with Gasteiger partial charge < -0.3 is 14.8 Å². The number of rotatable bonds is 8. The molecular weight excluding hydrogens is 242 g/mol. The first-order valence-electron chi connectivity index (χ1n) is 6.71. The Morgan fingerprint density at radius 2 is 2.11 bits per heavy atom. The first-order chi connectivity index (χ1) is 9.19. The third-order valence-corrected chi connectivity index (χ3v) is 2.92. The van der Waals surface area contributed by atoms with E-state index in [2.05, 4.69) is 12.2 Å². The van der Waals surface area contributed by atoms with Crippen molar-refractivity contribution in [2.75, 3.05) is 20.3 Å². The van der Waals surface area contributed by atoms with Gasteiger partial charge in [-0.25, -0.2) is 0 Å². The standard InChI is InChI=1S/C15H23NO3/c1-4-19-15(17)10-7-11-16-12(2)13-8-5-6-9-14(13)18-3/h5-6,8-9,12,16H,4,7,10-11H2,1-3H3. The zero-order valence-corrected chi connectivity index (χ0v) is 11.9. The van der Waals surface area contributed by atoms with E-state index in [0.717, 1.165) is 24.3 Å². The fourth-order valence-electron chi connectivity index (χ4n) is 1.92. The second kappa shape index (κ2) is 8.53. The highest BCUT2D eigenvalue weighted by Gasteiger charge is 2.10. The Balaban J connectivity index is 2.35. The number of hydrogen-bond donors (Lipinski definition) is 1. The van der Waals surface area contributed by atoms with Crippen LogP contribution in [0.5, 0.6) is 5.75 Å². The van der Waals surface area contributed by atoms with Crippen LogP contribution >= 0.6 is 0 Å². The molecule has 1 aromatic carbocycles. The van der Waals surface area contributed by atoms with Gasteiger partial charge in [0.1, 0.15) is 5.75 Å². The summed E-state index contributed by atoms with van der Waals surface area (Å²) in [6, 6.07) is 8.14. The van der Waals surface area contributed by atoms with Gasteiger partial charge in [-0.1, -0.05) is 18.2 Å². The van der Waals surface area contributed by atoms with Gasteiger partial charge in [0.2, 0.25) is 0 Å². The zero-order valence-electron chi connectivity index (χ0n) is 11.9. The molecule has 0 aromatic heterocycles. The van der Waals surface area contributed by atoms with Gasteiger partial charge in [0.05, 0.1) is 13.7 Å². The molecule has 0 amide bonds. The molecule has 1 unspecified atom stereocenters. The third-order valence-electron chi connectivity index (χ3n) is 2.92. The van der Waals surface area contributed by atoms with Crippen LogP contribution in [-0.4, -0.2) is 26.2 Å². The zero-order chi connectivity index (χ0) is 14.1. The Morgan fingerprint density at radius 1 is 1.37 bits per heavy atom. The van der Waals surface area contributed by atoms with Gasteiger partial charge in [-0.05, 0) is 32.9 Å². The third kappa shape index (κ3) is 5.30. The Kier molecular flexibility index (Phi) is 6.97. The van der Waals surface area contributed by atoms with Crippen molar-refractivity contribution in [3.8, 4) is 5.75 Å². The fraction of sp³-hybridized carbons (Fsp3) is 0.533. The van der Waals surface area contributed by atoms with Gasteiger partial charge in [-0.2, -0.15) is 0 Å². The van der Waals surface area contributed by atoms with Crippen LogP contribution in [0.15, 0.2) is 24.3 Å². The molecule has 1 atom stereocenters. The lowest BCUT2D eigenvalue weighted by atomic mass is 10.1. The number of hydrogen-bond acceptors (Lipinski definition) is 4. The Hall–Kier alpha value is -1.55. The maximum atomic E-state index is 11.2. The molecule has 0 aliphatic rings. The summed E-state index contributed by atoms with van der Waals surface area (Å²) >= 11 is 0. The van der Waals surface area contributed by atoms with Gasteiger partial charge >= 0.3 is 5.97 Å². The molecule has 0 spiro atoms. The molecular formula is C15H23NO3. The second-order valence-corrected chi connectivity index (χ2v) is 4.33. The molecule has 0 aliphatic heterocycles. The normalized spacial score (nSPS) is 11.9. The average molecular weight is 265 g/mol. The van der Waals surface area contributed by atoms with Gasteiger partial charge in [0, 0.05) is 18.0 Å². The van der Waals surface area contributed by atoms with E-state index >= 15 is 0 Å². The van der Waals surface area contributed by atoms with Crippen LogP contribution in [0.4, 0.5) is 0 Å². The quantitative estimate of drug-likeness (QED) is 0.580. The number of para-hydroxylation sites is 1. The largest absolute Gasteiger partial charge is 0.496 e. The SMILES string of the molecule is CCOC(=O)CCCNC(C)c1ccccc1OC. The summed E-state index contributed by atoms with van der Waals surface area (Å²) in [7, 11) is 1.67. The maximum absolute atomic E-state index is 11.2. The van der Waals surface area contributed by atoms with E-state index in [1.54, 1.807) is 7.11 Å². The molecule has 0 aliphatic carbocycles. The van der Waals surface area contributed by atoms with Crippen molar-refractivity contribution in [1.82, 2.24) is 5.32 Å². The highest BCUT2D eigenvalue weighted by Crippen LogP contribution is 2.24. The van der Waals surface area contributed by atoms with Crippen molar-refractivity contribution in [2.45, 2.75) is 32.7 Å². The van der Waals surface area contributed by atoms with Crippen LogP contribution in [-0.2, 0) is 9.53 Å². The molecule has 0 fully saturated rings. The van der Waals surface area contributed by atoms with Crippen molar-refractivity contribution in [3.63, 3.8) is 0 Å². The number of benzene rings is 1. The average Bonchev–Trinajstić information content (AvgIpc) is 2.43. The number of ether oxygens (including phenoxy) is 2. The van der Waals surface area contributed by atoms with Crippen LogP contribution in [0.3, 0.4) is 0 Å². The predicted octanol–water partition coefficient (Wildman–Crippen LogP) is 2.69. The van der Waals surface area contributed by atoms with E-state index in [1.165, 1.54) is 0 Å². The van der Waals surface area contributed by atoms with Gasteiger partial charge in [-0.3, -0.25) is 4.79 Å². The summed E-state index contributed by atoms with van der Waals surface area (Å²) in [5.74, 6) is 0.752. The van der Waals surface area contributed by atoms with Crippen molar-refractivity contribution in [1.29, 1.82) is 0 Å². The summed E-state index contributed by atoms with van der Waals surface area (Å²) in [4.78, 5) is 11.2. The molecule has 0 saturated heterocycles. The number of carbonyl (C=O) groups excluding carboxylic acids is 1. The number of esters is 1. The predicted molar refractivity (Wildman–Crippen MR) is 75.3 cm³/mol. The molecule has 0 heterocycles. The molecule has 0 bridgehead atoms. The van der Waals surface area contributed by atoms with Crippen molar-refractivity contribution < 1.29 is 14.3 Å². The highest BCUT2D eigenvalue weighted by molar-refractivity contribution is 5.69. The van der Waals surface area contributed by atoms with Crippen LogP contribution < -0.4 is 10.1 Å². The lowest BCUT2D eigenvalue weighted by Gasteiger charge is -2.17. The topological polar surface area (TPSA) is 47.6 Å². The summed E-state index contributed by atoms with van der Waals surface area (Å²) < 4.78 is 10.2. The van der Waals surface area contributed by atoms with Crippen molar-refractivity contribution in [2.24, 2.45) is 0 Å². The Labute approximate surface area is 115 Å². The van der Waals surface area contributed by atoms with E-state index in [9.17, 15) is 4.79 Å². The van der Waals surface area contributed by atoms with Crippen LogP contribution in [0.25, 0.3) is 0 Å². The lowest BCUT2D eigenvalue weighted by Crippen LogP contribution is -2.21.